The average Bonchev–Trinajstić information content (AvgIpc) is 2.09. The van der Waals surface area contributed by atoms with Gasteiger partial charge in [0.05, 0.1) is 0 Å². The summed E-state index contributed by atoms with van der Waals surface area (Å²) in [7, 11) is 0. The molecule has 2 N–H and O–H groups in total. The number of hydrogen-bond acceptors (Lipinski definition) is 1. The van der Waals surface area contributed by atoms with Crippen molar-refractivity contribution in [3.63, 3.8) is 0 Å². The van der Waals surface area contributed by atoms with E-state index in [1.54, 1.807) is 0 Å². The van der Waals surface area contributed by atoms with Gasteiger partial charge in [-0.1, -0.05) is 33.6 Å². The molecule has 0 saturated heterocycles. The summed E-state index contributed by atoms with van der Waals surface area (Å²) in [5.41, 5.74) is 6.62. The molecule has 1 aliphatic carbocycles. The van der Waals surface area contributed by atoms with Crippen LogP contribution in [0.1, 0.15) is 59.3 Å². The first kappa shape index (κ1) is 11.0. The molecule has 1 rings (SSSR count). The van der Waals surface area contributed by atoms with E-state index in [0.717, 1.165) is 11.8 Å². The average molecular weight is 183 g/mol. The monoisotopic (exact) mass is 183 g/mol. The standard InChI is InChI=1S/C12H25N/c1-4-5-7-12(13)8-6-10(2)9-11(12)3/h10-11H,4-9,13H2,1-3H3/t10-,11+,12?/m1/s1. The number of hydrogen-bond donors (Lipinski definition) is 1. The molecule has 1 aliphatic rings. The lowest BCUT2D eigenvalue weighted by atomic mass is 9.68. The van der Waals surface area contributed by atoms with Gasteiger partial charge in [0.2, 0.25) is 0 Å². The Bertz CT molecular complexity index is 151. The van der Waals surface area contributed by atoms with Gasteiger partial charge in [0.15, 0.2) is 0 Å². The molecular weight excluding hydrogens is 158 g/mol. The fourth-order valence-electron chi connectivity index (χ4n) is 2.59. The fraction of sp³-hybridized carbons (Fsp3) is 1.00. The first-order chi connectivity index (χ1) is 6.08. The van der Waals surface area contributed by atoms with Crippen LogP contribution >= 0.6 is 0 Å². The minimum Gasteiger partial charge on any atom is -0.325 e. The zero-order valence-electron chi connectivity index (χ0n) is 9.47. The van der Waals surface area contributed by atoms with E-state index in [9.17, 15) is 0 Å². The maximum atomic E-state index is 6.45. The number of unbranched alkanes of at least 4 members (excludes halogenated alkanes) is 1. The number of rotatable bonds is 3. The Morgan fingerprint density at radius 2 is 2.08 bits per heavy atom. The van der Waals surface area contributed by atoms with Crippen molar-refractivity contribution in [3.05, 3.63) is 0 Å². The van der Waals surface area contributed by atoms with Crippen molar-refractivity contribution in [1.29, 1.82) is 0 Å². The first-order valence-corrected chi connectivity index (χ1v) is 5.87. The Labute approximate surface area is 83.1 Å². The smallest absolute Gasteiger partial charge is 0.0180 e. The predicted molar refractivity (Wildman–Crippen MR) is 58.6 cm³/mol. The minimum atomic E-state index is 0.169. The maximum Gasteiger partial charge on any atom is 0.0180 e. The molecule has 13 heavy (non-hydrogen) atoms. The molecule has 1 nitrogen and oxygen atoms in total. The molecule has 1 fully saturated rings. The molecule has 0 aliphatic heterocycles. The van der Waals surface area contributed by atoms with Gasteiger partial charge in [-0.25, -0.2) is 0 Å². The zero-order valence-corrected chi connectivity index (χ0v) is 9.47. The second kappa shape index (κ2) is 4.45. The zero-order chi connectivity index (χ0) is 9.90. The lowest BCUT2D eigenvalue weighted by Crippen LogP contribution is -2.49. The molecule has 0 aromatic rings. The fourth-order valence-corrected chi connectivity index (χ4v) is 2.59. The van der Waals surface area contributed by atoms with Gasteiger partial charge < -0.3 is 5.73 Å². The summed E-state index contributed by atoms with van der Waals surface area (Å²) in [4.78, 5) is 0. The third-order valence-corrected chi connectivity index (χ3v) is 3.84. The third-order valence-electron chi connectivity index (χ3n) is 3.84. The van der Waals surface area contributed by atoms with Crippen molar-refractivity contribution in [2.75, 3.05) is 0 Å². The van der Waals surface area contributed by atoms with E-state index in [1.165, 1.54) is 38.5 Å². The quantitative estimate of drug-likeness (QED) is 0.713. The molecule has 78 valence electrons. The Kier molecular flexibility index (Phi) is 3.78. The summed E-state index contributed by atoms with van der Waals surface area (Å²) in [6.07, 6.45) is 7.73. The lowest BCUT2D eigenvalue weighted by molar-refractivity contribution is 0.151. The molecule has 0 heterocycles. The van der Waals surface area contributed by atoms with E-state index < -0.39 is 0 Å². The van der Waals surface area contributed by atoms with Gasteiger partial charge in [0, 0.05) is 5.54 Å². The summed E-state index contributed by atoms with van der Waals surface area (Å²) < 4.78 is 0. The highest BCUT2D eigenvalue weighted by molar-refractivity contribution is 4.93. The van der Waals surface area contributed by atoms with E-state index in [0.29, 0.717) is 0 Å². The van der Waals surface area contributed by atoms with Gasteiger partial charge in [-0.15, -0.1) is 0 Å². The van der Waals surface area contributed by atoms with Crippen LogP contribution in [0.3, 0.4) is 0 Å². The second-order valence-electron chi connectivity index (χ2n) is 5.12. The van der Waals surface area contributed by atoms with Crippen LogP contribution in [-0.2, 0) is 0 Å². The van der Waals surface area contributed by atoms with Crippen molar-refractivity contribution < 1.29 is 0 Å². The van der Waals surface area contributed by atoms with Crippen LogP contribution in [0.15, 0.2) is 0 Å². The van der Waals surface area contributed by atoms with Gasteiger partial charge in [0.25, 0.3) is 0 Å². The molecular formula is C12H25N. The van der Waals surface area contributed by atoms with Crippen LogP contribution in [0.5, 0.6) is 0 Å². The summed E-state index contributed by atoms with van der Waals surface area (Å²) in [5.74, 6) is 1.62. The van der Waals surface area contributed by atoms with Gasteiger partial charge in [-0.3, -0.25) is 0 Å². The molecule has 1 saturated carbocycles. The summed E-state index contributed by atoms with van der Waals surface area (Å²) >= 11 is 0. The van der Waals surface area contributed by atoms with Crippen LogP contribution in [0.2, 0.25) is 0 Å². The second-order valence-corrected chi connectivity index (χ2v) is 5.12. The Hall–Kier alpha value is -0.0400. The minimum absolute atomic E-state index is 0.169. The lowest BCUT2D eigenvalue weighted by Gasteiger charge is -2.42. The van der Waals surface area contributed by atoms with E-state index in [4.69, 9.17) is 5.73 Å². The van der Waals surface area contributed by atoms with Gasteiger partial charge in [-0.05, 0) is 37.5 Å². The Morgan fingerprint density at radius 3 is 2.62 bits per heavy atom. The van der Waals surface area contributed by atoms with Crippen molar-refractivity contribution in [1.82, 2.24) is 0 Å². The molecule has 0 radical (unpaired) electrons. The maximum absolute atomic E-state index is 6.45. The van der Waals surface area contributed by atoms with Crippen molar-refractivity contribution in [2.24, 2.45) is 17.6 Å². The highest BCUT2D eigenvalue weighted by Gasteiger charge is 2.35. The number of nitrogens with two attached hydrogens (primary N) is 1. The molecule has 0 aromatic carbocycles. The van der Waals surface area contributed by atoms with Crippen LogP contribution in [-0.4, -0.2) is 5.54 Å². The summed E-state index contributed by atoms with van der Waals surface area (Å²) in [6, 6.07) is 0. The van der Waals surface area contributed by atoms with Crippen LogP contribution in [0.4, 0.5) is 0 Å². The van der Waals surface area contributed by atoms with Crippen LogP contribution in [0.25, 0.3) is 0 Å². The molecule has 0 spiro atoms. The molecule has 0 amide bonds. The topological polar surface area (TPSA) is 26.0 Å². The largest absolute Gasteiger partial charge is 0.325 e. The van der Waals surface area contributed by atoms with E-state index in [2.05, 4.69) is 20.8 Å². The molecule has 0 aromatic heterocycles. The van der Waals surface area contributed by atoms with Crippen molar-refractivity contribution in [2.45, 2.75) is 64.8 Å². The molecule has 1 unspecified atom stereocenters. The summed E-state index contributed by atoms with van der Waals surface area (Å²) in [5, 5.41) is 0. The van der Waals surface area contributed by atoms with Crippen LogP contribution in [0, 0.1) is 11.8 Å². The van der Waals surface area contributed by atoms with E-state index in [1.807, 2.05) is 0 Å². The van der Waals surface area contributed by atoms with Crippen molar-refractivity contribution >= 4 is 0 Å². The molecule has 0 bridgehead atoms. The SMILES string of the molecule is CCCCC1(N)CC[C@@H](C)C[C@@H]1C. The van der Waals surface area contributed by atoms with Crippen LogP contribution < -0.4 is 5.73 Å². The van der Waals surface area contributed by atoms with Gasteiger partial charge in [0.1, 0.15) is 0 Å². The highest BCUT2D eigenvalue weighted by atomic mass is 14.8. The third kappa shape index (κ3) is 2.70. The van der Waals surface area contributed by atoms with Crippen molar-refractivity contribution in [3.8, 4) is 0 Å². The Morgan fingerprint density at radius 1 is 1.38 bits per heavy atom. The Balaban J connectivity index is 2.46. The highest BCUT2D eigenvalue weighted by Crippen LogP contribution is 2.37. The summed E-state index contributed by atoms with van der Waals surface area (Å²) in [6.45, 7) is 6.95. The predicted octanol–water partition coefficient (Wildman–Crippen LogP) is 3.33. The van der Waals surface area contributed by atoms with E-state index in [-0.39, 0.29) is 5.54 Å². The van der Waals surface area contributed by atoms with E-state index >= 15 is 0 Å². The van der Waals surface area contributed by atoms with Gasteiger partial charge >= 0.3 is 0 Å². The first-order valence-electron chi connectivity index (χ1n) is 5.87. The van der Waals surface area contributed by atoms with Gasteiger partial charge in [-0.2, -0.15) is 0 Å². The molecule has 1 heteroatoms. The normalized spacial score (nSPS) is 40.6. The molecule has 3 atom stereocenters.